The minimum atomic E-state index is -4.17. The quantitative estimate of drug-likeness (QED) is 0.594. The third-order valence-electron chi connectivity index (χ3n) is 1.99. The standard InChI is InChI=1S/C6H10F3NO/c7-6(8,9)5-2-10-1-4(5)3-11/h4-5,10-11H,1-3H2. The first-order valence-corrected chi connectivity index (χ1v) is 3.44. The van der Waals surface area contributed by atoms with Crippen LogP contribution in [0.3, 0.4) is 0 Å². The van der Waals surface area contributed by atoms with E-state index in [0.29, 0.717) is 0 Å². The van der Waals surface area contributed by atoms with Crippen molar-refractivity contribution >= 4 is 0 Å². The van der Waals surface area contributed by atoms with E-state index in [1.54, 1.807) is 0 Å². The van der Waals surface area contributed by atoms with Gasteiger partial charge in [0.25, 0.3) is 0 Å². The number of halogens is 3. The molecule has 0 aromatic rings. The summed E-state index contributed by atoms with van der Waals surface area (Å²) in [5, 5.41) is 11.2. The van der Waals surface area contributed by atoms with E-state index in [4.69, 9.17) is 5.11 Å². The van der Waals surface area contributed by atoms with Crippen LogP contribution in [0.15, 0.2) is 0 Å². The first kappa shape index (κ1) is 8.80. The van der Waals surface area contributed by atoms with Gasteiger partial charge in [-0.25, -0.2) is 0 Å². The average Bonchev–Trinajstić information content (AvgIpc) is 2.31. The minimum Gasteiger partial charge on any atom is -0.396 e. The molecule has 0 aromatic heterocycles. The van der Waals surface area contributed by atoms with E-state index < -0.39 is 24.6 Å². The Morgan fingerprint density at radius 2 is 2.00 bits per heavy atom. The van der Waals surface area contributed by atoms with Crippen LogP contribution < -0.4 is 5.32 Å². The van der Waals surface area contributed by atoms with Crippen molar-refractivity contribution in [3.63, 3.8) is 0 Å². The number of hydrogen-bond acceptors (Lipinski definition) is 2. The summed E-state index contributed by atoms with van der Waals surface area (Å²) in [6.07, 6.45) is -4.17. The highest BCUT2D eigenvalue weighted by molar-refractivity contribution is 4.85. The molecule has 0 amide bonds. The van der Waals surface area contributed by atoms with Crippen LogP contribution in [0, 0.1) is 11.8 Å². The predicted molar refractivity (Wildman–Crippen MR) is 33.0 cm³/mol. The first-order chi connectivity index (χ1) is 5.05. The second kappa shape index (κ2) is 2.98. The molecule has 5 heteroatoms. The Morgan fingerprint density at radius 3 is 2.36 bits per heavy atom. The summed E-state index contributed by atoms with van der Waals surface area (Å²) in [6.45, 7) is -0.188. The van der Waals surface area contributed by atoms with Gasteiger partial charge in [0.1, 0.15) is 0 Å². The average molecular weight is 169 g/mol. The van der Waals surface area contributed by atoms with Crippen LogP contribution in [-0.4, -0.2) is 31.0 Å². The minimum absolute atomic E-state index is 0.0608. The van der Waals surface area contributed by atoms with E-state index in [9.17, 15) is 13.2 Å². The van der Waals surface area contributed by atoms with Crippen molar-refractivity contribution in [1.29, 1.82) is 0 Å². The lowest BCUT2D eigenvalue weighted by molar-refractivity contribution is -0.181. The van der Waals surface area contributed by atoms with E-state index in [1.807, 2.05) is 0 Å². The fraction of sp³-hybridized carbons (Fsp3) is 1.00. The number of alkyl halides is 3. The molecule has 1 rings (SSSR count). The molecule has 2 atom stereocenters. The zero-order valence-electron chi connectivity index (χ0n) is 5.86. The van der Waals surface area contributed by atoms with Crippen LogP contribution in [0.1, 0.15) is 0 Å². The Balaban J connectivity index is 2.57. The smallest absolute Gasteiger partial charge is 0.393 e. The summed E-state index contributed by atoms with van der Waals surface area (Å²) in [5.41, 5.74) is 0. The molecule has 0 aliphatic carbocycles. The summed E-state index contributed by atoms with van der Waals surface area (Å²) in [7, 11) is 0. The highest BCUT2D eigenvalue weighted by Gasteiger charge is 2.46. The second-order valence-corrected chi connectivity index (χ2v) is 2.75. The SMILES string of the molecule is OCC1CNCC1C(F)(F)F. The van der Waals surface area contributed by atoms with Crippen molar-refractivity contribution in [2.45, 2.75) is 6.18 Å². The molecule has 1 saturated heterocycles. The largest absolute Gasteiger partial charge is 0.396 e. The molecule has 11 heavy (non-hydrogen) atoms. The Morgan fingerprint density at radius 1 is 1.36 bits per heavy atom. The summed E-state index contributed by atoms with van der Waals surface area (Å²) in [5.74, 6) is -2.03. The molecule has 0 spiro atoms. The number of aliphatic hydroxyl groups is 1. The lowest BCUT2D eigenvalue weighted by Gasteiger charge is -2.18. The number of aliphatic hydroxyl groups excluding tert-OH is 1. The van der Waals surface area contributed by atoms with Gasteiger partial charge in [-0.1, -0.05) is 0 Å². The zero-order chi connectivity index (χ0) is 8.48. The summed E-state index contributed by atoms with van der Waals surface area (Å²) in [6, 6.07) is 0. The van der Waals surface area contributed by atoms with Gasteiger partial charge < -0.3 is 10.4 Å². The predicted octanol–water partition coefficient (Wildman–Crippen LogP) is 0.377. The lowest BCUT2D eigenvalue weighted by Crippen LogP contribution is -2.31. The van der Waals surface area contributed by atoms with E-state index >= 15 is 0 Å². The maximum absolute atomic E-state index is 12.0. The van der Waals surface area contributed by atoms with Crippen LogP contribution in [0.4, 0.5) is 13.2 Å². The van der Waals surface area contributed by atoms with Crippen LogP contribution in [0.5, 0.6) is 0 Å². The van der Waals surface area contributed by atoms with Gasteiger partial charge in [0.2, 0.25) is 0 Å². The molecule has 1 heterocycles. The fourth-order valence-electron chi connectivity index (χ4n) is 1.31. The van der Waals surface area contributed by atoms with Crippen molar-refractivity contribution in [1.82, 2.24) is 5.32 Å². The van der Waals surface area contributed by atoms with Gasteiger partial charge in [-0.05, 0) is 0 Å². The molecule has 2 unspecified atom stereocenters. The third-order valence-corrected chi connectivity index (χ3v) is 1.99. The molecule has 1 aliphatic heterocycles. The topological polar surface area (TPSA) is 32.3 Å². The van der Waals surface area contributed by atoms with Gasteiger partial charge in [0, 0.05) is 25.6 Å². The Hall–Kier alpha value is -0.290. The van der Waals surface area contributed by atoms with Crippen LogP contribution in [0.2, 0.25) is 0 Å². The molecule has 2 nitrogen and oxygen atoms in total. The van der Waals surface area contributed by atoms with Gasteiger partial charge in [-0.3, -0.25) is 0 Å². The van der Waals surface area contributed by atoms with Crippen LogP contribution >= 0.6 is 0 Å². The Kier molecular flexibility index (Phi) is 2.39. The number of nitrogens with one attached hydrogen (secondary N) is 1. The van der Waals surface area contributed by atoms with Gasteiger partial charge in [0.15, 0.2) is 0 Å². The van der Waals surface area contributed by atoms with E-state index in [2.05, 4.69) is 5.32 Å². The van der Waals surface area contributed by atoms with E-state index in [-0.39, 0.29) is 13.1 Å². The molecule has 1 aliphatic rings. The van der Waals surface area contributed by atoms with Crippen molar-refractivity contribution in [2.24, 2.45) is 11.8 Å². The van der Waals surface area contributed by atoms with Crippen molar-refractivity contribution < 1.29 is 18.3 Å². The summed E-state index contributed by atoms with van der Waals surface area (Å²) >= 11 is 0. The second-order valence-electron chi connectivity index (χ2n) is 2.75. The maximum Gasteiger partial charge on any atom is 0.393 e. The Labute approximate surface area is 62.4 Å². The molecular formula is C6H10F3NO. The highest BCUT2D eigenvalue weighted by atomic mass is 19.4. The third kappa shape index (κ3) is 1.84. The van der Waals surface area contributed by atoms with Gasteiger partial charge in [-0.15, -0.1) is 0 Å². The summed E-state index contributed by atoms with van der Waals surface area (Å²) in [4.78, 5) is 0. The molecule has 1 fully saturated rings. The number of hydrogen-bond donors (Lipinski definition) is 2. The normalized spacial score (nSPS) is 32.7. The van der Waals surface area contributed by atoms with E-state index in [0.717, 1.165) is 0 Å². The molecule has 0 radical (unpaired) electrons. The highest BCUT2D eigenvalue weighted by Crippen LogP contribution is 2.33. The van der Waals surface area contributed by atoms with Crippen LogP contribution in [-0.2, 0) is 0 Å². The van der Waals surface area contributed by atoms with Gasteiger partial charge >= 0.3 is 6.18 Å². The first-order valence-electron chi connectivity index (χ1n) is 3.44. The molecule has 0 saturated carbocycles. The zero-order valence-corrected chi connectivity index (χ0v) is 5.86. The molecule has 0 bridgehead atoms. The molecule has 66 valence electrons. The lowest BCUT2D eigenvalue weighted by atomic mass is 9.97. The van der Waals surface area contributed by atoms with E-state index in [1.165, 1.54) is 0 Å². The molecular weight excluding hydrogens is 159 g/mol. The molecule has 2 N–H and O–H groups in total. The van der Waals surface area contributed by atoms with Crippen LogP contribution in [0.25, 0.3) is 0 Å². The monoisotopic (exact) mass is 169 g/mol. The van der Waals surface area contributed by atoms with Crippen molar-refractivity contribution in [2.75, 3.05) is 19.7 Å². The van der Waals surface area contributed by atoms with Gasteiger partial charge in [0.05, 0.1) is 5.92 Å². The molecule has 0 aromatic carbocycles. The Bertz CT molecular complexity index is 136. The maximum atomic E-state index is 12.0. The van der Waals surface area contributed by atoms with Gasteiger partial charge in [-0.2, -0.15) is 13.2 Å². The van der Waals surface area contributed by atoms with Crippen molar-refractivity contribution in [3.8, 4) is 0 Å². The number of rotatable bonds is 1. The summed E-state index contributed by atoms with van der Waals surface area (Å²) < 4.78 is 36.1. The van der Waals surface area contributed by atoms with Crippen molar-refractivity contribution in [3.05, 3.63) is 0 Å². The fourth-order valence-corrected chi connectivity index (χ4v) is 1.31.